The van der Waals surface area contributed by atoms with E-state index in [0.29, 0.717) is 25.2 Å². The summed E-state index contributed by atoms with van der Waals surface area (Å²) in [6.45, 7) is 1.96. The number of nitrogens with zero attached hydrogens (tertiary/aromatic N) is 2. The first-order valence-corrected chi connectivity index (χ1v) is 12.0. The van der Waals surface area contributed by atoms with E-state index in [0.717, 1.165) is 10.4 Å². The minimum absolute atomic E-state index is 0.0759. The molecule has 1 aromatic heterocycles. The van der Waals surface area contributed by atoms with Gasteiger partial charge in [0.2, 0.25) is 5.91 Å². The second-order valence-electron chi connectivity index (χ2n) is 8.59. The molecule has 2 saturated heterocycles. The lowest BCUT2D eigenvalue weighted by atomic mass is 9.83. The van der Waals surface area contributed by atoms with Crippen LogP contribution in [0, 0.1) is 5.82 Å². The van der Waals surface area contributed by atoms with Crippen LogP contribution in [0.5, 0.6) is 0 Å². The fraction of sp³-hybridized carbons (Fsp3) is 0.308. The van der Waals surface area contributed by atoms with E-state index >= 15 is 0 Å². The molecular formula is C26H25FN2O3S. The maximum atomic E-state index is 13.8. The molecular weight excluding hydrogens is 439 g/mol. The number of rotatable bonds is 5. The van der Waals surface area contributed by atoms with Gasteiger partial charge in [0, 0.05) is 23.9 Å². The molecule has 2 aliphatic rings. The fourth-order valence-corrected chi connectivity index (χ4v) is 5.61. The van der Waals surface area contributed by atoms with E-state index in [9.17, 15) is 14.0 Å². The molecule has 5 rings (SSSR count). The van der Waals surface area contributed by atoms with Crippen molar-refractivity contribution in [3.63, 3.8) is 0 Å². The predicted octanol–water partition coefficient (Wildman–Crippen LogP) is 3.85. The highest BCUT2D eigenvalue weighted by atomic mass is 32.1. The number of carbonyl (C=O) groups is 2. The van der Waals surface area contributed by atoms with Crippen molar-refractivity contribution in [1.82, 2.24) is 9.80 Å². The summed E-state index contributed by atoms with van der Waals surface area (Å²) in [4.78, 5) is 31.6. The highest BCUT2D eigenvalue weighted by Crippen LogP contribution is 2.42. The lowest BCUT2D eigenvalue weighted by Crippen LogP contribution is -2.59. The van der Waals surface area contributed by atoms with Gasteiger partial charge in [-0.05, 0) is 34.7 Å². The summed E-state index contributed by atoms with van der Waals surface area (Å²) in [5, 5.41) is 2.00. The van der Waals surface area contributed by atoms with Crippen molar-refractivity contribution < 1.29 is 18.7 Å². The summed E-state index contributed by atoms with van der Waals surface area (Å²) in [7, 11) is 0. The molecule has 0 radical (unpaired) electrons. The molecule has 2 aliphatic heterocycles. The van der Waals surface area contributed by atoms with E-state index in [2.05, 4.69) is 0 Å². The lowest BCUT2D eigenvalue weighted by Gasteiger charge is -2.42. The zero-order chi connectivity index (χ0) is 22.8. The molecule has 170 valence electrons. The molecule has 0 aliphatic carbocycles. The molecule has 0 bridgehead atoms. The minimum atomic E-state index is -1.12. The summed E-state index contributed by atoms with van der Waals surface area (Å²) in [6, 6.07) is 20.0. The molecule has 7 heteroatoms. The van der Waals surface area contributed by atoms with E-state index in [1.165, 1.54) is 12.1 Å². The number of ether oxygens (including phenoxy) is 1. The van der Waals surface area contributed by atoms with Gasteiger partial charge >= 0.3 is 0 Å². The minimum Gasteiger partial charge on any atom is -0.361 e. The highest BCUT2D eigenvalue weighted by Gasteiger charge is 2.58. The Morgan fingerprint density at radius 3 is 2.73 bits per heavy atom. The Hall–Kier alpha value is -3.03. The number of morpholine rings is 1. The number of halogens is 1. The Morgan fingerprint density at radius 2 is 1.97 bits per heavy atom. The van der Waals surface area contributed by atoms with E-state index in [4.69, 9.17) is 4.74 Å². The van der Waals surface area contributed by atoms with E-state index in [-0.39, 0.29) is 43.1 Å². The smallest absolute Gasteiger partial charge is 0.257 e. The van der Waals surface area contributed by atoms with Gasteiger partial charge in [-0.2, -0.15) is 0 Å². The maximum Gasteiger partial charge on any atom is 0.257 e. The van der Waals surface area contributed by atoms with Crippen molar-refractivity contribution in [1.29, 1.82) is 0 Å². The summed E-state index contributed by atoms with van der Waals surface area (Å²) in [5.41, 5.74) is 0.533. The molecule has 3 aromatic rings. The van der Waals surface area contributed by atoms with E-state index < -0.39 is 5.60 Å². The van der Waals surface area contributed by atoms with Gasteiger partial charge in [0.1, 0.15) is 5.82 Å². The van der Waals surface area contributed by atoms with Crippen LogP contribution in [0.3, 0.4) is 0 Å². The molecule has 2 fully saturated rings. The van der Waals surface area contributed by atoms with Crippen LogP contribution in [0.15, 0.2) is 72.1 Å². The van der Waals surface area contributed by atoms with Crippen LogP contribution in [0.4, 0.5) is 4.39 Å². The van der Waals surface area contributed by atoms with Gasteiger partial charge in [-0.15, -0.1) is 11.3 Å². The third kappa shape index (κ3) is 4.30. The molecule has 0 unspecified atom stereocenters. The van der Waals surface area contributed by atoms with Gasteiger partial charge in [0.25, 0.3) is 5.91 Å². The van der Waals surface area contributed by atoms with Crippen LogP contribution in [-0.2, 0) is 27.3 Å². The summed E-state index contributed by atoms with van der Waals surface area (Å²) in [6.07, 6.45) is 0.0942. The van der Waals surface area contributed by atoms with Crippen LogP contribution < -0.4 is 0 Å². The van der Waals surface area contributed by atoms with Crippen LogP contribution >= 0.6 is 11.3 Å². The largest absolute Gasteiger partial charge is 0.361 e. The monoisotopic (exact) mass is 464 g/mol. The summed E-state index contributed by atoms with van der Waals surface area (Å²) >= 11 is 1.62. The Labute approximate surface area is 196 Å². The van der Waals surface area contributed by atoms with Crippen molar-refractivity contribution in [3.05, 3.63) is 93.9 Å². The van der Waals surface area contributed by atoms with Crippen LogP contribution in [0.1, 0.15) is 21.9 Å². The van der Waals surface area contributed by atoms with Gasteiger partial charge in [0.05, 0.1) is 26.1 Å². The molecule has 5 nitrogen and oxygen atoms in total. The van der Waals surface area contributed by atoms with Crippen molar-refractivity contribution in [2.75, 3.05) is 26.2 Å². The Morgan fingerprint density at radius 1 is 1.12 bits per heavy atom. The number of hydrogen-bond acceptors (Lipinski definition) is 4. The second kappa shape index (κ2) is 9.08. The number of benzene rings is 2. The Balaban J connectivity index is 1.42. The third-order valence-electron chi connectivity index (χ3n) is 6.49. The van der Waals surface area contributed by atoms with Crippen LogP contribution in [0.25, 0.3) is 0 Å². The van der Waals surface area contributed by atoms with Crippen molar-refractivity contribution >= 4 is 23.2 Å². The Kier molecular flexibility index (Phi) is 6.00. The lowest BCUT2D eigenvalue weighted by molar-refractivity contribution is -0.167. The Bertz CT molecular complexity index is 1140. The van der Waals surface area contributed by atoms with Gasteiger partial charge in [-0.1, -0.05) is 48.5 Å². The zero-order valence-electron chi connectivity index (χ0n) is 18.2. The average molecular weight is 465 g/mol. The molecule has 3 heterocycles. The number of amides is 2. The molecule has 1 spiro atoms. The van der Waals surface area contributed by atoms with Gasteiger partial charge in [-0.3, -0.25) is 9.59 Å². The molecule has 2 amide bonds. The van der Waals surface area contributed by atoms with E-state index in [1.54, 1.807) is 28.4 Å². The summed E-state index contributed by atoms with van der Waals surface area (Å²) in [5.74, 6) is -0.749. The number of likely N-dealkylation sites (tertiary alicyclic amines) is 1. The normalized spacial score (nSPS) is 22.8. The average Bonchev–Trinajstić information content (AvgIpc) is 3.43. The number of hydrogen-bond donors (Lipinski definition) is 0. The molecule has 0 saturated carbocycles. The van der Waals surface area contributed by atoms with E-state index in [1.807, 2.05) is 52.7 Å². The quantitative estimate of drug-likeness (QED) is 0.576. The van der Waals surface area contributed by atoms with Crippen LogP contribution in [-0.4, -0.2) is 53.5 Å². The fourth-order valence-electron chi connectivity index (χ4n) is 4.89. The first kappa shape index (κ1) is 21.8. The number of carbonyl (C=O) groups excluding carboxylic acids is 2. The molecule has 0 N–H and O–H groups in total. The standard InChI is InChI=1S/C26H25FN2O3S/c27-21-9-4-6-19(14-21)15-24(30)28-11-12-32-26(18-28)23(20-7-2-1-3-8-20)17-29(25(26)31)16-22-10-5-13-33-22/h1-10,13-14,23H,11-12,15-18H2/t23-,26+/m0/s1. The second-order valence-corrected chi connectivity index (χ2v) is 9.62. The SMILES string of the molecule is O=C(Cc1cccc(F)c1)N1CCO[C@@]2(C1)C(=O)N(Cc1cccs1)C[C@H]2c1ccccc1. The van der Waals surface area contributed by atoms with Gasteiger partial charge in [-0.25, -0.2) is 4.39 Å². The molecule has 2 atom stereocenters. The first-order valence-electron chi connectivity index (χ1n) is 11.1. The third-order valence-corrected chi connectivity index (χ3v) is 7.35. The van der Waals surface area contributed by atoms with Gasteiger partial charge < -0.3 is 14.5 Å². The number of thiophene rings is 1. The summed E-state index contributed by atoms with van der Waals surface area (Å²) < 4.78 is 19.9. The first-order chi connectivity index (χ1) is 16.0. The van der Waals surface area contributed by atoms with Crippen molar-refractivity contribution in [2.45, 2.75) is 24.5 Å². The van der Waals surface area contributed by atoms with Crippen molar-refractivity contribution in [3.8, 4) is 0 Å². The predicted molar refractivity (Wildman–Crippen MR) is 124 cm³/mol. The maximum absolute atomic E-state index is 13.8. The molecule has 2 aromatic carbocycles. The van der Waals surface area contributed by atoms with Gasteiger partial charge in [0.15, 0.2) is 5.60 Å². The zero-order valence-corrected chi connectivity index (χ0v) is 19.0. The van der Waals surface area contributed by atoms with Crippen LogP contribution in [0.2, 0.25) is 0 Å². The topological polar surface area (TPSA) is 49.9 Å². The highest BCUT2D eigenvalue weighted by molar-refractivity contribution is 7.09. The van der Waals surface area contributed by atoms with Crippen molar-refractivity contribution in [2.24, 2.45) is 0 Å². The molecule has 33 heavy (non-hydrogen) atoms.